The van der Waals surface area contributed by atoms with Crippen LogP contribution in [0.4, 0.5) is 0 Å². The minimum Gasteiger partial charge on any atom is -0.230 e. The third-order valence-electron chi connectivity index (χ3n) is 2.65. The van der Waals surface area contributed by atoms with Crippen LogP contribution >= 0.6 is 10.9 Å². The zero-order valence-electron chi connectivity index (χ0n) is 8.70. The van der Waals surface area contributed by atoms with E-state index in [9.17, 15) is 0 Å². The minimum absolute atomic E-state index is 0.0533. The highest BCUT2D eigenvalue weighted by Crippen LogP contribution is 2.33. The van der Waals surface area contributed by atoms with Crippen LogP contribution in [0.1, 0.15) is 6.92 Å². The van der Waals surface area contributed by atoms with Gasteiger partial charge in [0.1, 0.15) is 0 Å². The number of rotatable bonds is 2. The van der Waals surface area contributed by atoms with Gasteiger partial charge in [-0.15, -0.1) is 0 Å². The third-order valence-corrected chi connectivity index (χ3v) is 4.76. The average Bonchev–Trinajstić information content (AvgIpc) is 2.27. The summed E-state index contributed by atoms with van der Waals surface area (Å²) >= 11 is 0. The van der Waals surface area contributed by atoms with E-state index < -0.39 is 0 Å². The summed E-state index contributed by atoms with van der Waals surface area (Å²) in [6.45, 7) is 2.26. The number of hydrogen-bond donors (Lipinski definition) is 1. The molecule has 0 fully saturated rings. The third kappa shape index (κ3) is 1.78. The SMILES string of the molecule is CC[SH](C)c1ccc2ccccc2c1. The van der Waals surface area contributed by atoms with Crippen molar-refractivity contribution < 1.29 is 0 Å². The standard InChI is InChI=1S/C13H16S/c1-3-14(2)13-9-8-11-6-4-5-7-12(11)10-13/h4-10,14H,3H2,1-2H3. The molecule has 2 aromatic rings. The summed E-state index contributed by atoms with van der Waals surface area (Å²) in [5.41, 5.74) is 0. The van der Waals surface area contributed by atoms with E-state index in [1.807, 2.05) is 0 Å². The van der Waals surface area contributed by atoms with Gasteiger partial charge in [0.25, 0.3) is 0 Å². The van der Waals surface area contributed by atoms with Crippen molar-refractivity contribution in [3.05, 3.63) is 42.5 Å². The van der Waals surface area contributed by atoms with Crippen molar-refractivity contribution in [2.45, 2.75) is 11.8 Å². The summed E-state index contributed by atoms with van der Waals surface area (Å²) in [7, 11) is 0.0533. The zero-order valence-corrected chi connectivity index (χ0v) is 9.59. The maximum Gasteiger partial charge on any atom is -0.0121 e. The van der Waals surface area contributed by atoms with Crippen LogP contribution in [0.3, 0.4) is 0 Å². The molecule has 1 atom stereocenters. The van der Waals surface area contributed by atoms with E-state index in [2.05, 4.69) is 55.6 Å². The van der Waals surface area contributed by atoms with Gasteiger partial charge in [-0.3, -0.25) is 0 Å². The van der Waals surface area contributed by atoms with E-state index in [-0.39, 0.29) is 10.9 Å². The van der Waals surface area contributed by atoms with E-state index >= 15 is 0 Å². The molecule has 0 aliphatic rings. The molecular weight excluding hydrogens is 188 g/mol. The lowest BCUT2D eigenvalue weighted by Crippen LogP contribution is -1.83. The summed E-state index contributed by atoms with van der Waals surface area (Å²) in [6, 6.07) is 15.4. The Morgan fingerprint density at radius 2 is 1.71 bits per heavy atom. The highest BCUT2D eigenvalue weighted by molar-refractivity contribution is 8.16. The van der Waals surface area contributed by atoms with Crippen LogP contribution in [-0.4, -0.2) is 12.0 Å². The molecule has 0 N–H and O–H groups in total. The van der Waals surface area contributed by atoms with Gasteiger partial charge in [0.2, 0.25) is 0 Å². The summed E-state index contributed by atoms with van der Waals surface area (Å²) in [6.07, 6.45) is 2.35. The van der Waals surface area contributed by atoms with E-state index in [1.165, 1.54) is 21.4 Å². The maximum absolute atomic E-state index is 2.35. The molecule has 0 saturated heterocycles. The summed E-state index contributed by atoms with van der Waals surface area (Å²) in [4.78, 5) is 1.52. The Hall–Kier alpha value is -0.950. The highest BCUT2D eigenvalue weighted by atomic mass is 32.2. The Morgan fingerprint density at radius 1 is 1.00 bits per heavy atom. The molecule has 0 bridgehead atoms. The van der Waals surface area contributed by atoms with Crippen molar-refractivity contribution in [3.63, 3.8) is 0 Å². The van der Waals surface area contributed by atoms with Crippen molar-refractivity contribution in [1.82, 2.24) is 0 Å². The first kappa shape index (κ1) is 9.60. The molecule has 0 aromatic heterocycles. The molecule has 0 aliphatic carbocycles. The smallest absolute Gasteiger partial charge is 0.0121 e. The van der Waals surface area contributed by atoms with E-state index in [0.29, 0.717) is 0 Å². The first-order chi connectivity index (χ1) is 6.81. The van der Waals surface area contributed by atoms with Gasteiger partial charge in [0.15, 0.2) is 0 Å². The number of fused-ring (bicyclic) bond motifs is 1. The Morgan fingerprint density at radius 3 is 2.43 bits per heavy atom. The van der Waals surface area contributed by atoms with Crippen LogP contribution in [0.25, 0.3) is 10.8 Å². The fourth-order valence-corrected chi connectivity index (χ4v) is 2.65. The second-order valence-electron chi connectivity index (χ2n) is 3.55. The van der Waals surface area contributed by atoms with Gasteiger partial charge in [0.05, 0.1) is 0 Å². The zero-order chi connectivity index (χ0) is 9.97. The van der Waals surface area contributed by atoms with Gasteiger partial charge in [0, 0.05) is 0 Å². The van der Waals surface area contributed by atoms with Crippen LogP contribution in [0, 0.1) is 0 Å². The van der Waals surface area contributed by atoms with E-state index in [4.69, 9.17) is 0 Å². The predicted octanol–water partition coefficient (Wildman–Crippen LogP) is 3.85. The van der Waals surface area contributed by atoms with Gasteiger partial charge >= 0.3 is 0 Å². The molecule has 2 aromatic carbocycles. The van der Waals surface area contributed by atoms with Gasteiger partial charge in [-0.25, -0.2) is 10.9 Å². The fraction of sp³-hybridized carbons (Fsp3) is 0.231. The summed E-state index contributed by atoms with van der Waals surface area (Å²) < 4.78 is 0. The molecule has 2 rings (SSSR count). The van der Waals surface area contributed by atoms with Gasteiger partial charge in [-0.2, -0.15) is 0 Å². The molecule has 0 spiro atoms. The Kier molecular flexibility index (Phi) is 2.78. The second kappa shape index (κ2) is 4.05. The van der Waals surface area contributed by atoms with E-state index in [1.54, 1.807) is 0 Å². The Balaban J connectivity index is 2.51. The molecule has 0 radical (unpaired) electrons. The number of thiol groups is 1. The lowest BCUT2D eigenvalue weighted by molar-refractivity contribution is 1.43. The van der Waals surface area contributed by atoms with Crippen molar-refractivity contribution in [2.24, 2.45) is 0 Å². The van der Waals surface area contributed by atoms with Crippen LogP contribution < -0.4 is 0 Å². The summed E-state index contributed by atoms with van der Waals surface area (Å²) in [5.74, 6) is 1.27. The second-order valence-corrected chi connectivity index (χ2v) is 6.09. The first-order valence-corrected chi connectivity index (χ1v) is 6.98. The van der Waals surface area contributed by atoms with Crippen LogP contribution in [0.5, 0.6) is 0 Å². The normalized spacial score (nSPS) is 14.3. The monoisotopic (exact) mass is 204 g/mol. The van der Waals surface area contributed by atoms with Crippen LogP contribution in [0.2, 0.25) is 0 Å². The van der Waals surface area contributed by atoms with Gasteiger partial charge < -0.3 is 0 Å². The van der Waals surface area contributed by atoms with Gasteiger partial charge in [-0.05, 0) is 39.8 Å². The quantitative estimate of drug-likeness (QED) is 0.706. The van der Waals surface area contributed by atoms with Crippen LogP contribution in [-0.2, 0) is 0 Å². The lowest BCUT2D eigenvalue weighted by Gasteiger charge is -2.14. The highest BCUT2D eigenvalue weighted by Gasteiger charge is 1.99. The van der Waals surface area contributed by atoms with Crippen molar-refractivity contribution in [2.75, 3.05) is 12.0 Å². The molecular formula is C13H16S. The summed E-state index contributed by atoms with van der Waals surface area (Å²) in [5, 5.41) is 2.71. The lowest BCUT2D eigenvalue weighted by atomic mass is 10.1. The maximum atomic E-state index is 2.35. The molecule has 1 unspecified atom stereocenters. The largest absolute Gasteiger partial charge is 0.230 e. The van der Waals surface area contributed by atoms with Crippen molar-refractivity contribution >= 4 is 21.7 Å². The predicted molar refractivity (Wildman–Crippen MR) is 67.7 cm³/mol. The van der Waals surface area contributed by atoms with Crippen LogP contribution in [0.15, 0.2) is 47.4 Å². The molecule has 0 amide bonds. The van der Waals surface area contributed by atoms with Crippen molar-refractivity contribution in [3.8, 4) is 0 Å². The molecule has 0 saturated carbocycles. The minimum atomic E-state index is 0.0533. The topological polar surface area (TPSA) is 0 Å². The Labute approximate surface area is 88.3 Å². The van der Waals surface area contributed by atoms with Crippen molar-refractivity contribution in [1.29, 1.82) is 0 Å². The molecule has 1 heteroatoms. The molecule has 0 aliphatic heterocycles. The number of benzene rings is 2. The Bertz CT molecular complexity index is 434. The van der Waals surface area contributed by atoms with E-state index in [0.717, 1.165) is 0 Å². The fourth-order valence-electron chi connectivity index (χ4n) is 1.60. The molecule has 74 valence electrons. The molecule has 14 heavy (non-hydrogen) atoms. The average molecular weight is 204 g/mol. The van der Waals surface area contributed by atoms with Gasteiger partial charge in [-0.1, -0.05) is 37.3 Å². The molecule has 0 nitrogen and oxygen atoms in total. The number of hydrogen-bond acceptors (Lipinski definition) is 0. The molecule has 0 heterocycles. The first-order valence-electron chi connectivity index (χ1n) is 5.01.